The van der Waals surface area contributed by atoms with Crippen LogP contribution in [0.15, 0.2) is 52.5 Å². The van der Waals surface area contributed by atoms with Gasteiger partial charge >= 0.3 is 17.9 Å². The summed E-state index contributed by atoms with van der Waals surface area (Å²) in [6.07, 6.45) is -2.49. The quantitative estimate of drug-likeness (QED) is 0.123. The molecule has 0 radical (unpaired) electrons. The van der Waals surface area contributed by atoms with Crippen molar-refractivity contribution in [2.45, 2.75) is 112 Å². The number of aliphatic hydroxyl groups excluding tert-OH is 3. The highest BCUT2D eigenvalue weighted by Gasteiger charge is 2.50. The number of fused-ring (bicyclic) bond motifs is 14. The van der Waals surface area contributed by atoms with E-state index < -0.39 is 101 Å². The summed E-state index contributed by atoms with van der Waals surface area (Å²) in [6, 6.07) is 0. The van der Waals surface area contributed by atoms with Gasteiger partial charge in [-0.25, -0.2) is 0 Å². The topological polar surface area (TPSA) is 302 Å². The van der Waals surface area contributed by atoms with E-state index in [1.165, 1.54) is 73.6 Å². The maximum absolute atomic E-state index is 14.0. The van der Waals surface area contributed by atoms with Gasteiger partial charge in [0.2, 0.25) is 6.79 Å². The summed E-state index contributed by atoms with van der Waals surface area (Å²) in [6.45, 7) is 13.6. The summed E-state index contributed by atoms with van der Waals surface area (Å²) in [5.74, 6) is -10.7. The average molecular weight is 888 g/mol. The highest BCUT2D eigenvalue weighted by Crippen LogP contribution is 2.53. The van der Waals surface area contributed by atoms with Crippen molar-refractivity contribution >= 4 is 46.8 Å². The second-order valence-electron chi connectivity index (χ2n) is 16.1. The van der Waals surface area contributed by atoms with E-state index >= 15 is 0 Å². The zero-order valence-electron chi connectivity index (χ0n) is 37.2. The molecule has 19 nitrogen and oxygen atoms in total. The number of hydrogen-bond acceptors (Lipinski definition) is 17. The van der Waals surface area contributed by atoms with Crippen molar-refractivity contribution in [1.82, 2.24) is 0 Å². The largest absolute Gasteiger partial charge is 0.505 e. The third-order valence-corrected chi connectivity index (χ3v) is 10.9. The van der Waals surface area contributed by atoms with E-state index in [0.717, 1.165) is 34.0 Å². The molecule has 1 aliphatic carbocycles. The number of carbonyl (C=O) groups excluding carboxylic acids is 5. The predicted molar refractivity (Wildman–Crippen MR) is 222 cm³/mol. The molecule has 0 aromatic heterocycles. The van der Waals surface area contributed by atoms with Gasteiger partial charge in [-0.05, 0) is 53.2 Å². The Morgan fingerprint density at radius 2 is 1.40 bits per heavy atom. The molecular formula is C44H57NO18. The summed E-state index contributed by atoms with van der Waals surface area (Å²) in [5.41, 5.74) is -5.03. The molecule has 5 rings (SSSR count). The molecule has 8 N–H and O–H groups in total. The van der Waals surface area contributed by atoms with Crippen molar-refractivity contribution in [2.24, 2.45) is 17.8 Å². The highest BCUT2D eigenvalue weighted by molar-refractivity contribution is 6.21. The average Bonchev–Trinajstić information content (AvgIpc) is 3.19. The minimum atomic E-state index is -2.26. The van der Waals surface area contributed by atoms with Gasteiger partial charge in [-0.1, -0.05) is 32.1 Å². The fourth-order valence-electron chi connectivity index (χ4n) is 7.66. The number of rotatable bonds is 3. The molecule has 0 saturated carbocycles. The molecule has 3 heterocycles. The number of allylic oxidation sites excluding steroid dienone is 5. The number of benzene rings is 1. The van der Waals surface area contributed by atoms with Gasteiger partial charge in [-0.2, -0.15) is 0 Å². The van der Waals surface area contributed by atoms with Gasteiger partial charge in [-0.15, -0.1) is 0 Å². The van der Waals surface area contributed by atoms with Gasteiger partial charge in [0, 0.05) is 54.9 Å². The lowest BCUT2D eigenvalue weighted by molar-refractivity contribution is -0.183. The van der Waals surface area contributed by atoms with Gasteiger partial charge in [0.25, 0.3) is 11.9 Å². The number of anilines is 1. The van der Waals surface area contributed by atoms with Gasteiger partial charge in [-0.3, -0.25) is 28.8 Å². The molecule has 3 aliphatic heterocycles. The number of aliphatic carboxylic acids is 1. The minimum absolute atomic E-state index is 0.00133. The van der Waals surface area contributed by atoms with E-state index in [-0.39, 0.29) is 61.9 Å². The summed E-state index contributed by atoms with van der Waals surface area (Å²) >= 11 is 0. The lowest BCUT2D eigenvalue weighted by Gasteiger charge is -2.41. The number of carbonyl (C=O) groups is 6. The number of carboxylic acids is 1. The molecule has 0 fully saturated rings. The second-order valence-corrected chi connectivity index (χ2v) is 16.1. The Labute approximate surface area is 363 Å². The number of hydrogen-bond donors (Lipinski definition) is 8. The lowest BCUT2D eigenvalue weighted by atomic mass is 9.74. The van der Waals surface area contributed by atoms with Crippen molar-refractivity contribution in [1.29, 1.82) is 0 Å². The fourth-order valence-corrected chi connectivity index (χ4v) is 7.66. The van der Waals surface area contributed by atoms with Gasteiger partial charge in [0.15, 0.2) is 11.5 Å². The van der Waals surface area contributed by atoms with E-state index in [9.17, 15) is 54.6 Å². The Morgan fingerprint density at radius 3 is 1.94 bits per heavy atom. The molecule has 0 saturated heterocycles. The van der Waals surface area contributed by atoms with Crippen molar-refractivity contribution in [3.8, 4) is 11.5 Å². The first-order valence-corrected chi connectivity index (χ1v) is 19.7. The first kappa shape index (κ1) is 51.5. The van der Waals surface area contributed by atoms with Gasteiger partial charge < -0.3 is 64.7 Å². The van der Waals surface area contributed by atoms with Crippen molar-refractivity contribution in [3.63, 3.8) is 0 Å². The Morgan fingerprint density at radius 1 is 0.841 bits per heavy atom. The summed E-state index contributed by atoms with van der Waals surface area (Å²) in [4.78, 5) is 75.1. The Hall–Kier alpha value is -5.86. The molecule has 1 amide bonds. The van der Waals surface area contributed by atoms with Crippen LogP contribution in [-0.2, 0) is 42.9 Å². The van der Waals surface area contributed by atoms with Crippen LogP contribution in [0.4, 0.5) is 5.69 Å². The SMILES string of the molecule is CC(=O)O.COC(=O)C1C(O)C(C)C(O)C(C)(O)/C=C\C=C(C)C(=O)Nc2c(C)c(OC(C)=O)c3c(c2O)C(=O)C(C)=C2OCOC(=C23)C(C)=CC(C)(O)C(O)C(C)C1OC(C)=O. The molecular weight excluding hydrogens is 830 g/mol. The van der Waals surface area contributed by atoms with Crippen molar-refractivity contribution in [3.05, 3.63) is 69.2 Å². The molecule has 1 aromatic rings. The number of ketones is 1. The van der Waals surface area contributed by atoms with Crippen LogP contribution < -0.4 is 10.1 Å². The van der Waals surface area contributed by atoms with Crippen LogP contribution in [0, 0.1) is 24.7 Å². The van der Waals surface area contributed by atoms with Crippen LogP contribution in [0.2, 0.25) is 0 Å². The van der Waals surface area contributed by atoms with Crippen LogP contribution in [0.25, 0.3) is 5.57 Å². The van der Waals surface area contributed by atoms with E-state index in [4.69, 9.17) is 33.6 Å². The van der Waals surface area contributed by atoms with E-state index in [1.807, 2.05) is 0 Å². The molecule has 9 atom stereocenters. The van der Waals surface area contributed by atoms with E-state index in [1.54, 1.807) is 0 Å². The number of aliphatic hydroxyl groups is 5. The molecule has 19 heteroatoms. The minimum Gasteiger partial charge on any atom is -0.505 e. The highest BCUT2D eigenvalue weighted by atomic mass is 16.7. The van der Waals surface area contributed by atoms with E-state index in [0.29, 0.717) is 0 Å². The molecule has 63 heavy (non-hydrogen) atoms. The van der Waals surface area contributed by atoms with Crippen LogP contribution in [0.5, 0.6) is 11.5 Å². The molecule has 4 bridgehead atoms. The smallest absolute Gasteiger partial charge is 0.315 e. The summed E-state index contributed by atoms with van der Waals surface area (Å²) < 4.78 is 27.9. The number of methoxy groups -OCH3 is 1. The number of amides is 1. The second kappa shape index (κ2) is 20.1. The predicted octanol–water partition coefficient (Wildman–Crippen LogP) is 2.88. The Kier molecular flexibility index (Phi) is 16.4. The number of phenolic OH excluding ortho intramolecular Hbond substituents is 1. The number of nitrogens with one attached hydrogen (secondary N) is 1. The number of ether oxygens (including phenoxy) is 5. The maximum Gasteiger partial charge on any atom is 0.315 e. The normalized spacial score (nSPS) is 29.6. The first-order chi connectivity index (χ1) is 29.0. The summed E-state index contributed by atoms with van der Waals surface area (Å²) in [5, 5.41) is 79.9. The third-order valence-electron chi connectivity index (χ3n) is 10.9. The molecule has 9 unspecified atom stereocenters. The standard InChI is InChI=1S/C42H53NO16.C2H4O2/c1-17-13-12-14-41(9,53)37(49)21(5)31(47)28(40(52)55-11)36(59-24(8)45)22(6)38(50)42(10,54)15-18(2)33-27-25-26(30(46)20(4)34(27)57-16-56-33)32(48)29(43-39(17)51)19(3)35(25)58-23(7)44;1-2(3)4/h12-15,21-22,28,31,36-38,47-50,53-54H,16H2,1-11H3,(H,43,51);1H3,(H,3,4)/b14-12-,17-13?,18-15?;. The third kappa shape index (κ3) is 11.0. The lowest BCUT2D eigenvalue weighted by Crippen LogP contribution is -2.55. The van der Waals surface area contributed by atoms with Crippen molar-refractivity contribution < 1.29 is 88.2 Å². The molecule has 1 aromatic carbocycles. The van der Waals surface area contributed by atoms with Gasteiger partial charge in [0.05, 0.1) is 42.2 Å². The van der Waals surface area contributed by atoms with Crippen LogP contribution in [0.1, 0.15) is 90.7 Å². The molecule has 346 valence electrons. The van der Waals surface area contributed by atoms with Crippen LogP contribution in [0.3, 0.4) is 0 Å². The number of esters is 3. The Bertz CT molecular complexity index is 2190. The van der Waals surface area contributed by atoms with Crippen molar-refractivity contribution in [2.75, 3.05) is 19.2 Å². The zero-order chi connectivity index (χ0) is 48.2. The number of Topliss-reactive ketones (excluding diaryl/α,β-unsaturated/α-hetero) is 1. The summed E-state index contributed by atoms with van der Waals surface area (Å²) in [7, 11) is 1.01. The molecule has 0 spiro atoms. The Balaban J connectivity index is 0.00000253. The maximum atomic E-state index is 14.0. The number of phenols is 1. The van der Waals surface area contributed by atoms with Crippen LogP contribution in [-0.4, -0.2) is 121 Å². The first-order valence-electron chi connectivity index (χ1n) is 19.7. The number of aromatic hydroxyl groups is 1. The van der Waals surface area contributed by atoms with Crippen LogP contribution >= 0.6 is 0 Å². The zero-order valence-corrected chi connectivity index (χ0v) is 37.2. The molecule has 4 aliphatic rings. The fraction of sp³-hybridized carbons (Fsp3) is 0.500. The van der Waals surface area contributed by atoms with E-state index in [2.05, 4.69) is 5.32 Å². The number of carboxylic acid groups (broad SMARTS) is 1. The van der Waals surface area contributed by atoms with Gasteiger partial charge in [0.1, 0.15) is 40.5 Å². The monoisotopic (exact) mass is 887 g/mol.